The number of carbonyl (C=O) groups excluding carboxylic acids is 1. The predicted octanol–water partition coefficient (Wildman–Crippen LogP) is 3.88. The lowest BCUT2D eigenvalue weighted by molar-refractivity contribution is -0.136. The van der Waals surface area contributed by atoms with Gasteiger partial charge >= 0.3 is 0 Å². The van der Waals surface area contributed by atoms with Gasteiger partial charge in [-0.15, -0.1) is 12.4 Å². The average Bonchev–Trinajstić information content (AvgIpc) is 2.44. The maximum Gasteiger partial charge on any atom is 0.227 e. The Kier molecular flexibility index (Phi) is 9.38. The largest absolute Gasteiger partial charge is 0.342 e. The van der Waals surface area contributed by atoms with Gasteiger partial charge in [0, 0.05) is 19.1 Å². The molecule has 2 unspecified atom stereocenters. The first-order chi connectivity index (χ1) is 9.82. The van der Waals surface area contributed by atoms with Crippen molar-refractivity contribution in [3.05, 3.63) is 35.9 Å². The molecule has 2 N–H and O–H groups in total. The van der Waals surface area contributed by atoms with Gasteiger partial charge in [-0.2, -0.15) is 0 Å². The number of amides is 1. The Morgan fingerprint density at radius 2 is 1.45 bits per heavy atom. The van der Waals surface area contributed by atoms with Crippen molar-refractivity contribution in [2.24, 2.45) is 23.5 Å². The van der Waals surface area contributed by atoms with Crippen molar-refractivity contribution in [2.75, 3.05) is 13.1 Å². The Morgan fingerprint density at radius 3 is 1.86 bits per heavy atom. The number of benzene rings is 1. The van der Waals surface area contributed by atoms with E-state index in [2.05, 4.69) is 27.7 Å². The molecule has 4 heteroatoms. The zero-order valence-corrected chi connectivity index (χ0v) is 15.3. The third kappa shape index (κ3) is 6.37. The van der Waals surface area contributed by atoms with Crippen molar-refractivity contribution in [3.63, 3.8) is 0 Å². The molecule has 0 saturated carbocycles. The summed E-state index contributed by atoms with van der Waals surface area (Å²) in [6.45, 7) is 12.1. The summed E-state index contributed by atoms with van der Waals surface area (Å²) in [4.78, 5) is 14.7. The molecule has 0 saturated heterocycles. The normalized spacial score (nSPS) is 13.6. The van der Waals surface area contributed by atoms with E-state index < -0.39 is 0 Å². The van der Waals surface area contributed by atoms with E-state index in [0.29, 0.717) is 11.8 Å². The minimum Gasteiger partial charge on any atom is -0.342 e. The Morgan fingerprint density at radius 1 is 1.00 bits per heavy atom. The van der Waals surface area contributed by atoms with E-state index in [4.69, 9.17) is 5.73 Å². The quantitative estimate of drug-likeness (QED) is 0.826. The first kappa shape index (κ1) is 20.9. The number of rotatable bonds is 7. The number of carbonyl (C=O) groups is 1. The minimum atomic E-state index is -0.250. The molecule has 0 radical (unpaired) electrons. The van der Waals surface area contributed by atoms with Crippen molar-refractivity contribution in [1.29, 1.82) is 0 Å². The molecule has 1 aromatic carbocycles. The maximum atomic E-state index is 12.8. The van der Waals surface area contributed by atoms with Crippen molar-refractivity contribution < 1.29 is 4.79 Å². The second-order valence-electron chi connectivity index (χ2n) is 6.76. The number of halogens is 1. The third-order valence-electron chi connectivity index (χ3n) is 3.60. The molecule has 0 aliphatic carbocycles. The highest BCUT2D eigenvalue weighted by atomic mass is 35.5. The van der Waals surface area contributed by atoms with E-state index in [0.717, 1.165) is 18.7 Å². The lowest BCUT2D eigenvalue weighted by atomic mass is 9.93. The molecule has 1 aromatic rings. The van der Waals surface area contributed by atoms with Crippen LogP contribution >= 0.6 is 12.4 Å². The maximum absolute atomic E-state index is 12.8. The topological polar surface area (TPSA) is 46.3 Å². The third-order valence-corrected chi connectivity index (χ3v) is 3.60. The second-order valence-corrected chi connectivity index (χ2v) is 6.76. The fourth-order valence-electron chi connectivity index (χ4n) is 2.54. The van der Waals surface area contributed by atoms with Crippen molar-refractivity contribution in [3.8, 4) is 0 Å². The van der Waals surface area contributed by atoms with Gasteiger partial charge in [0.25, 0.3) is 0 Å². The number of hydrogen-bond acceptors (Lipinski definition) is 2. The molecule has 22 heavy (non-hydrogen) atoms. The standard InChI is InChI=1S/C18H30N2O.ClH/c1-13(2)11-20(12-14(3)4)18(21)15(5)17(19)16-9-7-6-8-10-16;/h6-10,13-15,17H,11-12,19H2,1-5H3;1H. The molecule has 0 aromatic heterocycles. The van der Waals surface area contributed by atoms with Crippen LogP contribution in [0, 0.1) is 17.8 Å². The van der Waals surface area contributed by atoms with E-state index in [1.165, 1.54) is 0 Å². The Bertz CT molecular complexity index is 424. The fourth-order valence-corrected chi connectivity index (χ4v) is 2.54. The molecular weight excluding hydrogens is 296 g/mol. The summed E-state index contributed by atoms with van der Waals surface area (Å²) in [5.74, 6) is 0.888. The van der Waals surface area contributed by atoms with Crippen LogP contribution in [0.25, 0.3) is 0 Å². The molecule has 0 aliphatic rings. The monoisotopic (exact) mass is 326 g/mol. The zero-order chi connectivity index (χ0) is 16.0. The summed E-state index contributed by atoms with van der Waals surface area (Å²) in [5, 5.41) is 0. The molecule has 0 aliphatic heterocycles. The van der Waals surface area contributed by atoms with Crippen LogP contribution in [0.2, 0.25) is 0 Å². The summed E-state index contributed by atoms with van der Waals surface area (Å²) >= 11 is 0. The van der Waals surface area contributed by atoms with Crippen LogP contribution in [0.4, 0.5) is 0 Å². The lowest BCUT2D eigenvalue weighted by Gasteiger charge is -2.31. The Labute approximate surface area is 141 Å². The van der Waals surface area contributed by atoms with Crippen LogP contribution in [0.5, 0.6) is 0 Å². The molecule has 126 valence electrons. The SMILES string of the molecule is CC(C)CN(CC(C)C)C(=O)C(C)C(N)c1ccccc1.Cl. The van der Waals surface area contributed by atoms with Crippen LogP contribution in [0.3, 0.4) is 0 Å². The van der Waals surface area contributed by atoms with E-state index in [1.54, 1.807) is 0 Å². The molecular formula is C18H31ClN2O. The van der Waals surface area contributed by atoms with Gasteiger partial charge < -0.3 is 10.6 Å². The summed E-state index contributed by atoms with van der Waals surface area (Å²) in [6.07, 6.45) is 0. The van der Waals surface area contributed by atoms with Crippen molar-refractivity contribution in [1.82, 2.24) is 4.90 Å². The van der Waals surface area contributed by atoms with Crippen molar-refractivity contribution in [2.45, 2.75) is 40.7 Å². The fraction of sp³-hybridized carbons (Fsp3) is 0.611. The van der Waals surface area contributed by atoms with Crippen LogP contribution in [0.15, 0.2) is 30.3 Å². The molecule has 3 nitrogen and oxygen atoms in total. The highest BCUT2D eigenvalue weighted by Gasteiger charge is 2.27. The zero-order valence-electron chi connectivity index (χ0n) is 14.5. The molecule has 1 amide bonds. The lowest BCUT2D eigenvalue weighted by Crippen LogP contribution is -2.42. The van der Waals surface area contributed by atoms with E-state index in [9.17, 15) is 4.79 Å². The van der Waals surface area contributed by atoms with Crippen LogP contribution in [-0.4, -0.2) is 23.9 Å². The number of nitrogens with two attached hydrogens (primary N) is 1. The van der Waals surface area contributed by atoms with Gasteiger partial charge in [0.2, 0.25) is 5.91 Å². The predicted molar refractivity (Wildman–Crippen MR) is 96.0 cm³/mol. The van der Waals surface area contributed by atoms with Gasteiger partial charge in [-0.25, -0.2) is 0 Å². The van der Waals surface area contributed by atoms with Crippen LogP contribution in [-0.2, 0) is 4.79 Å². The summed E-state index contributed by atoms with van der Waals surface area (Å²) in [7, 11) is 0. The highest BCUT2D eigenvalue weighted by molar-refractivity contribution is 5.85. The number of hydrogen-bond donors (Lipinski definition) is 1. The van der Waals surface area contributed by atoms with Gasteiger partial charge in [-0.05, 0) is 17.4 Å². The minimum absolute atomic E-state index is 0. The second kappa shape index (κ2) is 9.86. The summed E-state index contributed by atoms with van der Waals surface area (Å²) in [6, 6.07) is 9.62. The molecule has 1 rings (SSSR count). The average molecular weight is 327 g/mol. The molecule has 0 spiro atoms. The Hall–Kier alpha value is -1.06. The van der Waals surface area contributed by atoms with Crippen LogP contribution < -0.4 is 5.73 Å². The van der Waals surface area contributed by atoms with E-state index >= 15 is 0 Å². The first-order valence-electron chi connectivity index (χ1n) is 7.92. The Balaban J connectivity index is 0.00000441. The van der Waals surface area contributed by atoms with Crippen molar-refractivity contribution >= 4 is 18.3 Å². The van der Waals surface area contributed by atoms with Gasteiger partial charge in [0.1, 0.15) is 0 Å². The van der Waals surface area contributed by atoms with E-state index in [-0.39, 0.29) is 30.3 Å². The molecule has 2 atom stereocenters. The van der Waals surface area contributed by atoms with E-state index in [1.807, 2.05) is 42.2 Å². The summed E-state index contributed by atoms with van der Waals surface area (Å²) in [5.41, 5.74) is 7.31. The van der Waals surface area contributed by atoms with Crippen LogP contribution in [0.1, 0.15) is 46.2 Å². The molecule has 0 bridgehead atoms. The van der Waals surface area contributed by atoms with Gasteiger partial charge in [-0.3, -0.25) is 4.79 Å². The van der Waals surface area contributed by atoms with Gasteiger partial charge in [-0.1, -0.05) is 65.0 Å². The smallest absolute Gasteiger partial charge is 0.227 e. The highest BCUT2D eigenvalue weighted by Crippen LogP contribution is 2.22. The first-order valence-corrected chi connectivity index (χ1v) is 7.92. The van der Waals surface area contributed by atoms with Gasteiger partial charge in [0.15, 0.2) is 0 Å². The van der Waals surface area contributed by atoms with Gasteiger partial charge in [0.05, 0.1) is 5.92 Å². The molecule has 0 fully saturated rings. The number of nitrogens with zero attached hydrogens (tertiary/aromatic N) is 1. The summed E-state index contributed by atoms with van der Waals surface area (Å²) < 4.78 is 0. The molecule has 0 heterocycles.